The highest BCUT2D eigenvalue weighted by molar-refractivity contribution is 5.86. The van der Waals surface area contributed by atoms with Gasteiger partial charge in [0.1, 0.15) is 5.69 Å². The van der Waals surface area contributed by atoms with Gasteiger partial charge >= 0.3 is 0 Å². The normalized spacial score (nSPS) is 11.0. The average molecular weight is 279 g/mol. The molecular weight excluding hydrogens is 262 g/mol. The molecule has 0 aliphatic heterocycles. The molecule has 0 unspecified atom stereocenters. The molecule has 0 aliphatic rings. The number of pyridine rings is 1. The minimum absolute atomic E-state index is 0.333. The van der Waals surface area contributed by atoms with Gasteiger partial charge < -0.3 is 10.3 Å². The third-order valence-corrected chi connectivity index (χ3v) is 3.54. The first kappa shape index (κ1) is 13.4. The minimum atomic E-state index is 0.333. The van der Waals surface area contributed by atoms with Crippen LogP contribution in [0, 0.1) is 0 Å². The van der Waals surface area contributed by atoms with Crippen LogP contribution in [0.15, 0.2) is 53.3 Å². The molecule has 0 spiro atoms. The van der Waals surface area contributed by atoms with E-state index in [0.29, 0.717) is 11.8 Å². The van der Waals surface area contributed by atoms with Crippen molar-refractivity contribution in [3.63, 3.8) is 0 Å². The molecule has 4 nitrogen and oxygen atoms in total. The summed E-state index contributed by atoms with van der Waals surface area (Å²) in [6.07, 6.45) is 3.46. The molecule has 0 aliphatic carbocycles. The molecule has 0 bridgehead atoms. The van der Waals surface area contributed by atoms with Gasteiger partial charge in [-0.15, -0.1) is 0 Å². The van der Waals surface area contributed by atoms with Gasteiger partial charge in [-0.05, 0) is 29.2 Å². The molecule has 2 heterocycles. The van der Waals surface area contributed by atoms with E-state index in [1.807, 2.05) is 12.1 Å². The average Bonchev–Trinajstić information content (AvgIpc) is 2.90. The third kappa shape index (κ3) is 2.52. The number of nitrogens with two attached hydrogens (primary N) is 1. The van der Waals surface area contributed by atoms with E-state index in [-0.39, 0.29) is 0 Å². The Morgan fingerprint density at radius 3 is 2.24 bits per heavy atom. The van der Waals surface area contributed by atoms with Gasteiger partial charge in [0.15, 0.2) is 0 Å². The number of nitrogen functional groups attached to an aromatic ring is 1. The Balaban J connectivity index is 2.08. The summed E-state index contributed by atoms with van der Waals surface area (Å²) in [5, 5.41) is 4.09. The van der Waals surface area contributed by atoms with Crippen LogP contribution in [-0.2, 0) is 0 Å². The van der Waals surface area contributed by atoms with Gasteiger partial charge in [-0.3, -0.25) is 4.98 Å². The summed E-state index contributed by atoms with van der Waals surface area (Å²) in [5.74, 6) is 0.831. The fourth-order valence-electron chi connectivity index (χ4n) is 2.32. The van der Waals surface area contributed by atoms with E-state index in [9.17, 15) is 0 Å². The summed E-state index contributed by atoms with van der Waals surface area (Å²) in [4.78, 5) is 4.02. The summed E-state index contributed by atoms with van der Waals surface area (Å²) in [7, 11) is 0. The number of hydrogen-bond acceptors (Lipinski definition) is 4. The Morgan fingerprint density at radius 2 is 1.62 bits per heavy atom. The molecule has 0 saturated carbocycles. The van der Waals surface area contributed by atoms with Crippen LogP contribution in [0.25, 0.3) is 22.4 Å². The molecule has 3 rings (SSSR count). The van der Waals surface area contributed by atoms with Crippen molar-refractivity contribution in [1.29, 1.82) is 0 Å². The van der Waals surface area contributed by atoms with E-state index in [1.54, 1.807) is 12.4 Å². The summed E-state index contributed by atoms with van der Waals surface area (Å²) < 4.78 is 5.19. The van der Waals surface area contributed by atoms with E-state index in [1.165, 1.54) is 5.56 Å². The van der Waals surface area contributed by atoms with E-state index < -0.39 is 0 Å². The van der Waals surface area contributed by atoms with Gasteiger partial charge in [-0.25, -0.2) is 0 Å². The predicted octanol–water partition coefficient (Wildman–Crippen LogP) is 4.11. The molecule has 3 aromatic rings. The molecule has 0 radical (unpaired) electrons. The standard InChI is InChI=1S/C17H17N3O/c1-11(2)12-3-5-13(6-4-12)15-16(20-21-17(15)18)14-7-9-19-10-8-14/h3-11H,18H2,1-2H3. The lowest BCUT2D eigenvalue weighted by Crippen LogP contribution is -1.90. The van der Waals surface area contributed by atoms with Gasteiger partial charge in [0, 0.05) is 18.0 Å². The molecule has 0 amide bonds. The van der Waals surface area contributed by atoms with Gasteiger partial charge in [-0.2, -0.15) is 0 Å². The van der Waals surface area contributed by atoms with Crippen LogP contribution in [0.5, 0.6) is 0 Å². The van der Waals surface area contributed by atoms with Crippen molar-refractivity contribution >= 4 is 5.88 Å². The zero-order valence-electron chi connectivity index (χ0n) is 12.1. The Kier molecular flexibility index (Phi) is 3.44. The Morgan fingerprint density at radius 1 is 0.952 bits per heavy atom. The highest BCUT2D eigenvalue weighted by Crippen LogP contribution is 2.36. The van der Waals surface area contributed by atoms with Crippen LogP contribution in [0.3, 0.4) is 0 Å². The van der Waals surface area contributed by atoms with Crippen molar-refractivity contribution in [2.75, 3.05) is 5.73 Å². The number of anilines is 1. The third-order valence-electron chi connectivity index (χ3n) is 3.54. The fourth-order valence-corrected chi connectivity index (χ4v) is 2.32. The number of aromatic nitrogens is 2. The second kappa shape index (κ2) is 5.40. The molecular formula is C17H17N3O. The Bertz CT molecular complexity index is 730. The lowest BCUT2D eigenvalue weighted by molar-refractivity contribution is 0.439. The van der Waals surface area contributed by atoms with Crippen molar-refractivity contribution in [2.24, 2.45) is 0 Å². The number of benzene rings is 1. The van der Waals surface area contributed by atoms with Gasteiger partial charge in [0.25, 0.3) is 0 Å². The van der Waals surface area contributed by atoms with Crippen LogP contribution < -0.4 is 5.73 Å². The molecule has 0 saturated heterocycles. The highest BCUT2D eigenvalue weighted by atomic mass is 16.5. The maximum Gasteiger partial charge on any atom is 0.230 e. The zero-order valence-corrected chi connectivity index (χ0v) is 12.1. The molecule has 21 heavy (non-hydrogen) atoms. The number of hydrogen-bond donors (Lipinski definition) is 1. The maximum atomic E-state index is 5.96. The first-order valence-electron chi connectivity index (χ1n) is 6.92. The molecule has 2 N–H and O–H groups in total. The van der Waals surface area contributed by atoms with E-state index in [4.69, 9.17) is 10.3 Å². The second-order valence-corrected chi connectivity index (χ2v) is 5.28. The van der Waals surface area contributed by atoms with Crippen molar-refractivity contribution < 1.29 is 4.52 Å². The van der Waals surface area contributed by atoms with Crippen molar-refractivity contribution in [1.82, 2.24) is 10.1 Å². The Labute approximate surface area is 123 Å². The van der Waals surface area contributed by atoms with Crippen LogP contribution in [0.1, 0.15) is 25.3 Å². The SMILES string of the molecule is CC(C)c1ccc(-c2c(-c3ccncc3)noc2N)cc1. The smallest absolute Gasteiger partial charge is 0.230 e. The van der Waals surface area contributed by atoms with Crippen molar-refractivity contribution in [3.8, 4) is 22.4 Å². The molecule has 1 aromatic carbocycles. The highest BCUT2D eigenvalue weighted by Gasteiger charge is 2.17. The molecule has 0 fully saturated rings. The number of rotatable bonds is 3. The van der Waals surface area contributed by atoms with E-state index >= 15 is 0 Å². The van der Waals surface area contributed by atoms with Crippen molar-refractivity contribution in [3.05, 3.63) is 54.4 Å². The minimum Gasteiger partial charge on any atom is -0.367 e. The van der Waals surface area contributed by atoms with E-state index in [2.05, 4.69) is 48.3 Å². The summed E-state index contributed by atoms with van der Waals surface area (Å²) in [6.45, 7) is 4.34. The van der Waals surface area contributed by atoms with Gasteiger partial charge in [0.05, 0.1) is 5.56 Å². The summed E-state index contributed by atoms with van der Waals surface area (Å²) in [6, 6.07) is 12.1. The maximum absolute atomic E-state index is 5.96. The predicted molar refractivity (Wildman–Crippen MR) is 83.7 cm³/mol. The van der Waals surface area contributed by atoms with Crippen LogP contribution >= 0.6 is 0 Å². The van der Waals surface area contributed by atoms with E-state index in [0.717, 1.165) is 22.4 Å². The summed E-state index contributed by atoms with van der Waals surface area (Å²) in [5.41, 5.74) is 10.8. The number of nitrogens with zero attached hydrogens (tertiary/aromatic N) is 2. The molecule has 0 atom stereocenters. The van der Waals surface area contributed by atoms with Crippen LogP contribution in [0.2, 0.25) is 0 Å². The second-order valence-electron chi connectivity index (χ2n) is 5.28. The lowest BCUT2D eigenvalue weighted by Gasteiger charge is -2.07. The molecule has 106 valence electrons. The quantitative estimate of drug-likeness (QED) is 0.783. The first-order chi connectivity index (χ1) is 10.2. The topological polar surface area (TPSA) is 64.9 Å². The van der Waals surface area contributed by atoms with Gasteiger partial charge in [-0.1, -0.05) is 43.3 Å². The van der Waals surface area contributed by atoms with Crippen LogP contribution in [-0.4, -0.2) is 10.1 Å². The summed E-state index contributed by atoms with van der Waals surface area (Å²) >= 11 is 0. The molecule has 4 heteroatoms. The van der Waals surface area contributed by atoms with Crippen LogP contribution in [0.4, 0.5) is 5.88 Å². The molecule has 2 aromatic heterocycles. The van der Waals surface area contributed by atoms with Crippen molar-refractivity contribution in [2.45, 2.75) is 19.8 Å². The Hall–Kier alpha value is -2.62. The first-order valence-corrected chi connectivity index (χ1v) is 6.92. The lowest BCUT2D eigenvalue weighted by atomic mass is 9.97. The fraction of sp³-hybridized carbons (Fsp3) is 0.176. The largest absolute Gasteiger partial charge is 0.367 e. The monoisotopic (exact) mass is 279 g/mol. The van der Waals surface area contributed by atoms with Gasteiger partial charge in [0.2, 0.25) is 5.88 Å². The zero-order chi connectivity index (χ0) is 14.8.